The number of methoxy groups -OCH3 is 1. The molecule has 1 unspecified atom stereocenters. The summed E-state index contributed by atoms with van der Waals surface area (Å²) in [5, 5.41) is 14.9. The summed E-state index contributed by atoms with van der Waals surface area (Å²) in [6.45, 7) is 0. The zero-order valence-corrected chi connectivity index (χ0v) is 16.9. The van der Waals surface area contributed by atoms with Crippen molar-refractivity contribution < 1.29 is 9.53 Å². The maximum absolute atomic E-state index is 13.5. The standard InChI is InChI=1S/C24H24N4O2/c1-26-16-21(17-8-4-3-5-9-17)22(25)24(29)23(18-10-7-13-27-15-18)28-19-11-6-12-20(14-19)30-2/h3-16,23,25-26,28H,1-2H3/b21-16-,25-22?. The Morgan fingerprint density at radius 2 is 1.90 bits per heavy atom. The Kier molecular flexibility index (Phi) is 6.95. The Bertz CT molecular complexity index is 1030. The first-order chi connectivity index (χ1) is 14.6. The average molecular weight is 400 g/mol. The molecule has 0 bridgehead atoms. The molecule has 6 nitrogen and oxygen atoms in total. The van der Waals surface area contributed by atoms with Crippen molar-refractivity contribution in [1.29, 1.82) is 5.41 Å². The minimum atomic E-state index is -0.776. The monoisotopic (exact) mass is 400 g/mol. The molecule has 2 aromatic carbocycles. The highest BCUT2D eigenvalue weighted by molar-refractivity contribution is 6.56. The van der Waals surface area contributed by atoms with Crippen LogP contribution in [0.15, 0.2) is 85.3 Å². The van der Waals surface area contributed by atoms with Crippen molar-refractivity contribution in [2.75, 3.05) is 19.5 Å². The fourth-order valence-electron chi connectivity index (χ4n) is 3.07. The summed E-state index contributed by atoms with van der Waals surface area (Å²) in [6, 6.07) is 19.5. The normalized spacial score (nSPS) is 12.0. The number of ketones is 1. The van der Waals surface area contributed by atoms with Crippen LogP contribution in [-0.4, -0.2) is 30.6 Å². The van der Waals surface area contributed by atoms with E-state index in [4.69, 9.17) is 10.1 Å². The molecule has 1 atom stereocenters. The maximum Gasteiger partial charge on any atom is 0.207 e. The molecule has 0 spiro atoms. The third kappa shape index (κ3) is 4.91. The maximum atomic E-state index is 13.5. The molecule has 0 fully saturated rings. The van der Waals surface area contributed by atoms with E-state index in [-0.39, 0.29) is 11.5 Å². The Hall–Kier alpha value is -3.93. The summed E-state index contributed by atoms with van der Waals surface area (Å²) in [5.74, 6) is 0.309. The lowest BCUT2D eigenvalue weighted by Gasteiger charge is -2.21. The van der Waals surface area contributed by atoms with Crippen LogP contribution in [0, 0.1) is 5.41 Å². The second kappa shape index (κ2) is 10.0. The number of pyridine rings is 1. The number of rotatable bonds is 9. The summed E-state index contributed by atoms with van der Waals surface area (Å²) < 4.78 is 5.28. The molecule has 0 aliphatic carbocycles. The van der Waals surface area contributed by atoms with Gasteiger partial charge in [0.1, 0.15) is 17.5 Å². The van der Waals surface area contributed by atoms with Crippen molar-refractivity contribution in [3.05, 3.63) is 96.5 Å². The van der Waals surface area contributed by atoms with Gasteiger partial charge in [-0.3, -0.25) is 15.2 Å². The highest BCUT2D eigenvalue weighted by Gasteiger charge is 2.27. The highest BCUT2D eigenvalue weighted by Crippen LogP contribution is 2.26. The fraction of sp³-hybridized carbons (Fsp3) is 0.125. The Morgan fingerprint density at radius 1 is 1.10 bits per heavy atom. The predicted octanol–water partition coefficient (Wildman–Crippen LogP) is 4.09. The van der Waals surface area contributed by atoms with Gasteiger partial charge < -0.3 is 15.4 Å². The number of nitrogens with zero attached hydrogens (tertiary/aromatic N) is 1. The number of aromatic nitrogens is 1. The SMILES string of the molecule is CN/C=C(\C(=N)C(=O)C(Nc1cccc(OC)c1)c1cccnc1)c1ccccc1. The Balaban J connectivity index is 1.97. The molecular formula is C24H24N4O2. The van der Waals surface area contributed by atoms with Gasteiger partial charge in [-0.2, -0.15) is 0 Å². The number of carbonyl (C=O) groups excluding carboxylic acids is 1. The summed E-state index contributed by atoms with van der Waals surface area (Å²) in [4.78, 5) is 17.6. The van der Waals surface area contributed by atoms with E-state index in [9.17, 15) is 4.79 Å². The quantitative estimate of drug-likeness (QED) is 0.471. The number of allylic oxidation sites excluding steroid dienone is 1. The molecule has 0 amide bonds. The van der Waals surface area contributed by atoms with Crippen molar-refractivity contribution >= 4 is 22.8 Å². The van der Waals surface area contributed by atoms with Gasteiger partial charge in [-0.15, -0.1) is 0 Å². The number of benzene rings is 2. The second-order valence-corrected chi connectivity index (χ2v) is 6.55. The lowest BCUT2D eigenvalue weighted by molar-refractivity contribution is -0.113. The Labute approximate surface area is 176 Å². The number of hydrogen-bond donors (Lipinski definition) is 3. The zero-order valence-electron chi connectivity index (χ0n) is 16.9. The zero-order chi connectivity index (χ0) is 21.3. The first kappa shape index (κ1) is 20.8. The number of nitrogens with one attached hydrogen (secondary N) is 3. The molecule has 0 saturated heterocycles. The second-order valence-electron chi connectivity index (χ2n) is 6.55. The van der Waals surface area contributed by atoms with Crippen molar-refractivity contribution in [2.24, 2.45) is 0 Å². The van der Waals surface area contributed by atoms with Gasteiger partial charge in [0.2, 0.25) is 5.78 Å². The summed E-state index contributed by atoms with van der Waals surface area (Å²) >= 11 is 0. The number of anilines is 1. The molecule has 3 rings (SSSR count). The van der Waals surface area contributed by atoms with E-state index < -0.39 is 6.04 Å². The number of ether oxygens (including phenoxy) is 1. The topological polar surface area (TPSA) is 87.1 Å². The van der Waals surface area contributed by atoms with Crippen LogP contribution < -0.4 is 15.4 Å². The molecule has 3 N–H and O–H groups in total. The van der Waals surface area contributed by atoms with Crippen LogP contribution >= 0.6 is 0 Å². The third-order valence-corrected chi connectivity index (χ3v) is 4.55. The number of Topliss-reactive ketones (excluding diaryl/α,β-unsaturated/α-hetero) is 1. The van der Waals surface area contributed by atoms with E-state index in [0.29, 0.717) is 22.6 Å². The van der Waals surface area contributed by atoms with Crippen molar-refractivity contribution in [3.8, 4) is 5.75 Å². The van der Waals surface area contributed by atoms with Gasteiger partial charge in [-0.1, -0.05) is 42.5 Å². The van der Waals surface area contributed by atoms with Crippen LogP contribution in [0.4, 0.5) is 5.69 Å². The van der Waals surface area contributed by atoms with Crippen LogP contribution in [0.5, 0.6) is 5.75 Å². The van der Waals surface area contributed by atoms with Crippen LogP contribution in [0.2, 0.25) is 0 Å². The molecule has 3 aromatic rings. The summed E-state index contributed by atoms with van der Waals surface area (Å²) in [5.41, 5.74) is 2.59. The van der Waals surface area contributed by atoms with Gasteiger partial charge in [0.25, 0.3) is 0 Å². The fourth-order valence-corrected chi connectivity index (χ4v) is 3.07. The average Bonchev–Trinajstić information content (AvgIpc) is 2.81. The van der Waals surface area contributed by atoms with Gasteiger partial charge in [0.15, 0.2) is 0 Å². The van der Waals surface area contributed by atoms with Crippen LogP contribution in [0.3, 0.4) is 0 Å². The van der Waals surface area contributed by atoms with E-state index in [2.05, 4.69) is 15.6 Å². The van der Waals surface area contributed by atoms with E-state index in [1.165, 1.54) is 0 Å². The Morgan fingerprint density at radius 3 is 2.57 bits per heavy atom. The number of carbonyl (C=O) groups is 1. The van der Waals surface area contributed by atoms with Crippen molar-refractivity contribution in [1.82, 2.24) is 10.3 Å². The molecular weight excluding hydrogens is 376 g/mol. The first-order valence-electron chi connectivity index (χ1n) is 9.50. The number of hydrogen-bond acceptors (Lipinski definition) is 6. The van der Waals surface area contributed by atoms with Crippen molar-refractivity contribution in [2.45, 2.75) is 6.04 Å². The van der Waals surface area contributed by atoms with Gasteiger partial charge in [-0.25, -0.2) is 0 Å². The van der Waals surface area contributed by atoms with Crippen molar-refractivity contribution in [3.63, 3.8) is 0 Å². The predicted molar refractivity (Wildman–Crippen MR) is 120 cm³/mol. The smallest absolute Gasteiger partial charge is 0.207 e. The third-order valence-electron chi connectivity index (χ3n) is 4.55. The molecule has 0 aliphatic rings. The largest absolute Gasteiger partial charge is 0.497 e. The van der Waals surface area contributed by atoms with Crippen LogP contribution in [0.1, 0.15) is 17.2 Å². The molecule has 1 heterocycles. The molecule has 1 aromatic heterocycles. The van der Waals surface area contributed by atoms with Gasteiger partial charge in [-0.05, 0) is 23.8 Å². The lowest BCUT2D eigenvalue weighted by Crippen LogP contribution is -2.29. The molecule has 0 radical (unpaired) electrons. The van der Waals surface area contributed by atoms with E-state index in [0.717, 1.165) is 5.56 Å². The molecule has 0 saturated carbocycles. The lowest BCUT2D eigenvalue weighted by atomic mass is 9.93. The molecule has 0 aliphatic heterocycles. The molecule has 30 heavy (non-hydrogen) atoms. The van der Waals surface area contributed by atoms with Crippen LogP contribution in [0.25, 0.3) is 5.57 Å². The van der Waals surface area contributed by atoms with Crippen LogP contribution in [-0.2, 0) is 4.79 Å². The highest BCUT2D eigenvalue weighted by atomic mass is 16.5. The molecule has 152 valence electrons. The van der Waals surface area contributed by atoms with E-state index in [1.807, 2.05) is 60.7 Å². The first-order valence-corrected chi connectivity index (χ1v) is 9.50. The minimum Gasteiger partial charge on any atom is -0.497 e. The van der Waals surface area contributed by atoms with Gasteiger partial charge in [0, 0.05) is 48.5 Å². The minimum absolute atomic E-state index is 0.0974. The van der Waals surface area contributed by atoms with E-state index in [1.54, 1.807) is 38.8 Å². The molecule has 6 heteroatoms. The van der Waals surface area contributed by atoms with Gasteiger partial charge >= 0.3 is 0 Å². The summed E-state index contributed by atoms with van der Waals surface area (Å²) in [6.07, 6.45) is 4.95. The van der Waals surface area contributed by atoms with E-state index >= 15 is 0 Å². The van der Waals surface area contributed by atoms with Gasteiger partial charge in [0.05, 0.1) is 7.11 Å². The summed E-state index contributed by atoms with van der Waals surface area (Å²) in [7, 11) is 3.33.